The smallest absolute Gasteiger partial charge is 0.197 e. The summed E-state index contributed by atoms with van der Waals surface area (Å²) < 4.78 is 7.89. The third-order valence-electron chi connectivity index (χ3n) is 2.52. The van der Waals surface area contributed by atoms with Gasteiger partial charge in [0.1, 0.15) is 0 Å². The molecule has 0 saturated carbocycles. The Morgan fingerprint density at radius 3 is 2.21 bits per heavy atom. The van der Waals surface area contributed by atoms with E-state index in [9.17, 15) is 0 Å². The van der Waals surface area contributed by atoms with E-state index < -0.39 is 0 Å². The molecule has 1 aliphatic heterocycles. The van der Waals surface area contributed by atoms with Crippen molar-refractivity contribution in [3.8, 4) is 0 Å². The van der Waals surface area contributed by atoms with Crippen molar-refractivity contribution < 1.29 is 0 Å². The highest BCUT2D eigenvalue weighted by atomic mass is 32.1. The van der Waals surface area contributed by atoms with Crippen molar-refractivity contribution in [1.82, 2.24) is 13.9 Å². The Hall–Kier alpha value is -0.460. The fraction of sp³-hybridized carbons (Fsp3) is 0.750. The van der Waals surface area contributed by atoms with Crippen LogP contribution >= 0.6 is 24.4 Å². The van der Waals surface area contributed by atoms with E-state index in [1.54, 1.807) is 0 Å². The molecule has 0 bridgehead atoms. The van der Waals surface area contributed by atoms with Crippen LogP contribution in [0.25, 0.3) is 0 Å². The summed E-state index contributed by atoms with van der Waals surface area (Å²) in [5.41, 5.74) is 5.47. The first-order valence-electron chi connectivity index (χ1n) is 4.86. The van der Waals surface area contributed by atoms with Gasteiger partial charge in [0.25, 0.3) is 0 Å². The van der Waals surface area contributed by atoms with Crippen molar-refractivity contribution in [2.75, 3.05) is 6.54 Å². The summed E-state index contributed by atoms with van der Waals surface area (Å²) in [5.74, 6) is 0. The van der Waals surface area contributed by atoms with E-state index in [4.69, 9.17) is 30.2 Å². The first-order chi connectivity index (χ1) is 6.75. The summed E-state index contributed by atoms with van der Waals surface area (Å²) in [5, 5.41) is 0. The maximum absolute atomic E-state index is 5.47. The van der Waals surface area contributed by atoms with E-state index in [0.717, 1.165) is 42.0 Å². The van der Waals surface area contributed by atoms with Crippen LogP contribution in [0.15, 0.2) is 0 Å². The fourth-order valence-electron chi connectivity index (χ4n) is 1.81. The van der Waals surface area contributed by atoms with Gasteiger partial charge >= 0.3 is 0 Å². The minimum Gasteiger partial charge on any atom is -0.330 e. The lowest BCUT2D eigenvalue weighted by Gasteiger charge is -1.99. The summed E-state index contributed by atoms with van der Waals surface area (Å²) in [4.78, 5) is 0. The highest BCUT2D eigenvalue weighted by Gasteiger charge is 2.14. The zero-order valence-electron chi connectivity index (χ0n) is 7.98. The molecular weight excluding hydrogens is 216 g/mol. The van der Waals surface area contributed by atoms with Crippen LogP contribution in [0.4, 0.5) is 0 Å². The molecule has 0 atom stereocenters. The maximum Gasteiger partial charge on any atom is 0.197 e. The molecule has 0 amide bonds. The zero-order valence-corrected chi connectivity index (χ0v) is 9.61. The van der Waals surface area contributed by atoms with Crippen LogP contribution < -0.4 is 5.73 Å². The molecule has 1 aromatic rings. The second kappa shape index (κ2) is 3.96. The van der Waals surface area contributed by atoms with Gasteiger partial charge in [0.05, 0.1) is 0 Å². The lowest BCUT2D eigenvalue weighted by Crippen LogP contribution is -2.07. The molecule has 0 fully saturated rings. The van der Waals surface area contributed by atoms with Crippen molar-refractivity contribution in [3.63, 3.8) is 0 Å². The summed E-state index contributed by atoms with van der Waals surface area (Å²) in [6.07, 6.45) is 2.08. The van der Waals surface area contributed by atoms with Crippen LogP contribution in [0, 0.1) is 9.54 Å². The molecule has 0 radical (unpaired) electrons. The van der Waals surface area contributed by atoms with Crippen molar-refractivity contribution in [2.24, 2.45) is 5.73 Å². The third kappa shape index (κ3) is 1.47. The minimum atomic E-state index is 0.682. The normalized spacial score (nSPS) is 14.6. The molecule has 0 aliphatic carbocycles. The van der Waals surface area contributed by atoms with Gasteiger partial charge in [0.2, 0.25) is 0 Å². The molecule has 0 unspecified atom stereocenters. The first kappa shape index (κ1) is 10.1. The Balaban J connectivity index is 2.42. The molecular formula is C8H14N4S2. The molecule has 14 heavy (non-hydrogen) atoms. The maximum atomic E-state index is 5.47. The van der Waals surface area contributed by atoms with Crippen molar-refractivity contribution in [1.29, 1.82) is 0 Å². The van der Waals surface area contributed by atoms with Gasteiger partial charge in [-0.2, -0.15) is 0 Å². The summed E-state index contributed by atoms with van der Waals surface area (Å²) >= 11 is 10.7. The summed E-state index contributed by atoms with van der Waals surface area (Å²) in [6.45, 7) is 3.53. The van der Waals surface area contributed by atoms with Gasteiger partial charge in [0, 0.05) is 19.6 Å². The molecule has 2 N–H and O–H groups in total. The number of nitrogens with two attached hydrogens (primary N) is 1. The van der Waals surface area contributed by atoms with Crippen LogP contribution in [0.1, 0.15) is 12.8 Å². The lowest BCUT2D eigenvalue weighted by atomic mass is 10.4. The quantitative estimate of drug-likeness (QED) is 0.796. The fourth-order valence-corrected chi connectivity index (χ4v) is 2.60. The Morgan fingerprint density at radius 2 is 1.71 bits per heavy atom. The number of hydrogen-bond acceptors (Lipinski definition) is 3. The van der Waals surface area contributed by atoms with Gasteiger partial charge in [-0.15, -0.1) is 0 Å². The largest absolute Gasteiger partial charge is 0.330 e. The summed E-state index contributed by atoms with van der Waals surface area (Å²) in [7, 11) is 0. The third-order valence-corrected chi connectivity index (χ3v) is 3.38. The van der Waals surface area contributed by atoms with E-state index in [1.165, 1.54) is 0 Å². The Kier molecular flexibility index (Phi) is 2.85. The van der Waals surface area contributed by atoms with Gasteiger partial charge in [0.15, 0.2) is 9.54 Å². The van der Waals surface area contributed by atoms with Crippen LogP contribution in [0.3, 0.4) is 0 Å². The Morgan fingerprint density at radius 1 is 1.14 bits per heavy atom. The molecule has 1 aromatic heterocycles. The van der Waals surface area contributed by atoms with Crippen LogP contribution in [0.2, 0.25) is 0 Å². The summed E-state index contributed by atoms with van der Waals surface area (Å²) in [6, 6.07) is 0. The second-order valence-corrected chi connectivity index (χ2v) is 4.19. The van der Waals surface area contributed by atoms with E-state index in [0.29, 0.717) is 6.54 Å². The number of nitrogens with zero attached hydrogens (tertiary/aromatic N) is 3. The topological polar surface area (TPSA) is 40.8 Å². The first-order valence-corrected chi connectivity index (χ1v) is 5.68. The van der Waals surface area contributed by atoms with Crippen LogP contribution in [-0.2, 0) is 19.6 Å². The lowest BCUT2D eigenvalue weighted by molar-refractivity contribution is 0.598. The number of fused-ring (bicyclic) bond motifs is 1. The van der Waals surface area contributed by atoms with Gasteiger partial charge in [-0.05, 0) is 43.8 Å². The van der Waals surface area contributed by atoms with E-state index in [1.807, 2.05) is 4.57 Å². The number of aromatic nitrogens is 3. The van der Waals surface area contributed by atoms with Crippen LogP contribution in [0.5, 0.6) is 0 Å². The van der Waals surface area contributed by atoms with Crippen LogP contribution in [-0.4, -0.2) is 20.5 Å². The molecule has 2 heterocycles. The standard InChI is InChI=1S/C8H14N4S2/c9-3-1-4-10-7(13)11-5-2-6-12(11)8(10)14/h1-6,9H2. The molecule has 0 saturated heterocycles. The highest BCUT2D eigenvalue weighted by Crippen LogP contribution is 2.11. The Labute approximate surface area is 92.9 Å². The Bertz CT molecular complexity index is 404. The molecule has 4 nitrogen and oxygen atoms in total. The number of rotatable bonds is 3. The predicted octanol–water partition coefficient (Wildman–Crippen LogP) is 1.30. The van der Waals surface area contributed by atoms with E-state index >= 15 is 0 Å². The molecule has 0 spiro atoms. The zero-order chi connectivity index (χ0) is 10.1. The van der Waals surface area contributed by atoms with Gasteiger partial charge in [-0.3, -0.25) is 13.9 Å². The SMILES string of the molecule is NCCCn1c(=S)n2n(c1=S)CCC2. The average Bonchev–Trinajstić information content (AvgIpc) is 2.72. The predicted molar refractivity (Wildman–Crippen MR) is 60.4 cm³/mol. The van der Waals surface area contributed by atoms with Crippen molar-refractivity contribution in [3.05, 3.63) is 9.54 Å². The van der Waals surface area contributed by atoms with E-state index in [-0.39, 0.29) is 0 Å². The molecule has 6 heteroatoms. The monoisotopic (exact) mass is 230 g/mol. The molecule has 2 rings (SSSR count). The second-order valence-electron chi connectivity index (χ2n) is 3.46. The number of hydrogen-bond donors (Lipinski definition) is 1. The molecule has 78 valence electrons. The van der Waals surface area contributed by atoms with Gasteiger partial charge < -0.3 is 5.73 Å². The van der Waals surface area contributed by atoms with Gasteiger partial charge in [-0.1, -0.05) is 0 Å². The minimum absolute atomic E-state index is 0.682. The average molecular weight is 230 g/mol. The van der Waals surface area contributed by atoms with Crippen molar-refractivity contribution >= 4 is 24.4 Å². The van der Waals surface area contributed by atoms with Crippen molar-refractivity contribution in [2.45, 2.75) is 32.5 Å². The molecule has 1 aliphatic rings. The molecule has 0 aromatic carbocycles. The van der Waals surface area contributed by atoms with E-state index in [2.05, 4.69) is 9.36 Å². The highest BCUT2D eigenvalue weighted by molar-refractivity contribution is 7.72. The van der Waals surface area contributed by atoms with Gasteiger partial charge in [-0.25, -0.2) is 0 Å².